The van der Waals surface area contributed by atoms with Crippen LogP contribution in [0.1, 0.15) is 42.3 Å². The molecule has 3 rings (SSSR count). The van der Waals surface area contributed by atoms with Crippen molar-refractivity contribution in [3.63, 3.8) is 0 Å². The van der Waals surface area contributed by atoms with Gasteiger partial charge >= 0.3 is 0 Å². The van der Waals surface area contributed by atoms with E-state index in [1.165, 1.54) is 24.8 Å². The fraction of sp³-hybridized carbons (Fsp3) is 0.208. The highest BCUT2D eigenvalue weighted by atomic mass is 32.2. The SMILES string of the molecule is CC(C)(C)c1ccc(O)cc1.COc1cc(O)c(C(=O)c2ccccc2)cc1S(=O)(=O)O. The summed E-state index contributed by atoms with van der Waals surface area (Å²) in [5.74, 6) is -0.925. The lowest BCUT2D eigenvalue weighted by Gasteiger charge is -2.18. The van der Waals surface area contributed by atoms with Crippen LogP contribution in [0.15, 0.2) is 71.6 Å². The Morgan fingerprint density at radius 1 is 0.906 bits per heavy atom. The van der Waals surface area contributed by atoms with Crippen LogP contribution in [0.4, 0.5) is 0 Å². The number of ether oxygens (including phenoxy) is 1. The van der Waals surface area contributed by atoms with E-state index in [1.807, 2.05) is 12.1 Å². The average Bonchev–Trinajstić information content (AvgIpc) is 2.73. The molecule has 0 fully saturated rings. The number of carbonyl (C=O) groups excluding carboxylic acids is 1. The Morgan fingerprint density at radius 2 is 1.47 bits per heavy atom. The number of hydrogen-bond donors (Lipinski definition) is 3. The van der Waals surface area contributed by atoms with Crippen molar-refractivity contribution in [3.8, 4) is 17.2 Å². The summed E-state index contributed by atoms with van der Waals surface area (Å²) >= 11 is 0. The molecule has 170 valence electrons. The van der Waals surface area contributed by atoms with Crippen LogP contribution in [0.5, 0.6) is 17.2 Å². The molecular weight excluding hydrogens is 432 g/mol. The fourth-order valence-corrected chi connectivity index (χ4v) is 3.46. The fourth-order valence-electron chi connectivity index (χ4n) is 2.80. The first-order valence-corrected chi connectivity index (χ1v) is 11.1. The normalized spacial score (nSPS) is 11.3. The summed E-state index contributed by atoms with van der Waals surface area (Å²) in [5.41, 5.74) is 1.46. The van der Waals surface area contributed by atoms with E-state index in [0.29, 0.717) is 5.75 Å². The Morgan fingerprint density at radius 3 is 1.94 bits per heavy atom. The van der Waals surface area contributed by atoms with Crippen LogP contribution in [-0.4, -0.2) is 36.1 Å². The number of rotatable bonds is 4. The standard InChI is InChI=1S/C14H12O6S.C10H14O/c1-20-12-8-11(15)10(7-13(12)21(17,18)19)14(16)9-5-3-2-4-6-9;1-10(2,3)8-4-6-9(11)7-5-8/h2-8,15H,1H3,(H,17,18,19);4-7,11H,1-3H3. The van der Waals surface area contributed by atoms with Gasteiger partial charge in [-0.05, 0) is 29.2 Å². The van der Waals surface area contributed by atoms with Gasteiger partial charge in [0.05, 0.1) is 12.7 Å². The molecule has 0 amide bonds. The molecular formula is C24H26O7S. The van der Waals surface area contributed by atoms with Crippen molar-refractivity contribution >= 4 is 15.9 Å². The van der Waals surface area contributed by atoms with Crippen molar-refractivity contribution in [1.29, 1.82) is 0 Å². The third-order valence-electron chi connectivity index (χ3n) is 4.57. The Bertz CT molecular complexity index is 1180. The Hall–Kier alpha value is -3.36. The first-order valence-electron chi connectivity index (χ1n) is 9.62. The molecule has 0 aliphatic rings. The summed E-state index contributed by atoms with van der Waals surface area (Å²) in [4.78, 5) is 11.7. The van der Waals surface area contributed by atoms with Crippen LogP contribution >= 0.6 is 0 Å². The number of phenolic OH excluding ortho intramolecular Hbond substituents is 2. The van der Waals surface area contributed by atoms with Crippen molar-refractivity contribution in [2.45, 2.75) is 31.1 Å². The van der Waals surface area contributed by atoms with E-state index in [9.17, 15) is 18.3 Å². The summed E-state index contributed by atoms with van der Waals surface area (Å²) in [6.45, 7) is 6.46. The zero-order chi connectivity index (χ0) is 24.1. The highest BCUT2D eigenvalue weighted by molar-refractivity contribution is 7.86. The highest BCUT2D eigenvalue weighted by Crippen LogP contribution is 2.32. The van der Waals surface area contributed by atoms with Gasteiger partial charge in [-0.25, -0.2) is 0 Å². The van der Waals surface area contributed by atoms with E-state index in [0.717, 1.165) is 12.1 Å². The van der Waals surface area contributed by atoms with Gasteiger partial charge in [-0.3, -0.25) is 9.35 Å². The van der Waals surface area contributed by atoms with Gasteiger partial charge in [0.1, 0.15) is 22.1 Å². The largest absolute Gasteiger partial charge is 0.508 e. The van der Waals surface area contributed by atoms with E-state index >= 15 is 0 Å². The molecule has 0 radical (unpaired) electrons. The lowest BCUT2D eigenvalue weighted by molar-refractivity contribution is 0.103. The van der Waals surface area contributed by atoms with Gasteiger partial charge in [0.15, 0.2) is 5.78 Å². The van der Waals surface area contributed by atoms with Crippen molar-refractivity contribution in [3.05, 3.63) is 83.4 Å². The number of carbonyl (C=O) groups is 1. The van der Waals surface area contributed by atoms with Crippen molar-refractivity contribution in [1.82, 2.24) is 0 Å². The van der Waals surface area contributed by atoms with E-state index in [4.69, 9.17) is 14.4 Å². The van der Waals surface area contributed by atoms with E-state index in [-0.39, 0.29) is 22.3 Å². The highest BCUT2D eigenvalue weighted by Gasteiger charge is 2.23. The van der Waals surface area contributed by atoms with Crippen LogP contribution in [0.3, 0.4) is 0 Å². The molecule has 0 heterocycles. The van der Waals surface area contributed by atoms with Gasteiger partial charge in [0.2, 0.25) is 0 Å². The molecule has 7 nitrogen and oxygen atoms in total. The maximum Gasteiger partial charge on any atom is 0.298 e. The molecule has 0 saturated heterocycles. The Balaban J connectivity index is 0.000000278. The third kappa shape index (κ3) is 6.32. The van der Waals surface area contributed by atoms with Crippen LogP contribution in [-0.2, 0) is 15.5 Å². The topological polar surface area (TPSA) is 121 Å². The zero-order valence-corrected chi connectivity index (χ0v) is 19.1. The minimum Gasteiger partial charge on any atom is -0.508 e. The van der Waals surface area contributed by atoms with Gasteiger partial charge in [-0.15, -0.1) is 0 Å². The van der Waals surface area contributed by atoms with Crippen molar-refractivity contribution in [2.24, 2.45) is 0 Å². The second kappa shape index (κ2) is 9.84. The maximum absolute atomic E-state index is 12.3. The summed E-state index contributed by atoms with van der Waals surface area (Å²) in [6, 6.07) is 17.3. The molecule has 8 heteroatoms. The number of aromatic hydroxyl groups is 2. The molecule has 0 saturated carbocycles. The van der Waals surface area contributed by atoms with Gasteiger partial charge in [0.25, 0.3) is 10.1 Å². The van der Waals surface area contributed by atoms with E-state index in [1.54, 1.807) is 30.3 Å². The first-order chi connectivity index (χ1) is 14.8. The van der Waals surface area contributed by atoms with Crippen molar-refractivity contribution in [2.75, 3.05) is 7.11 Å². The second-order valence-corrected chi connectivity index (χ2v) is 9.38. The lowest BCUT2D eigenvalue weighted by atomic mass is 9.87. The van der Waals surface area contributed by atoms with Crippen molar-refractivity contribution < 1.29 is 32.7 Å². The van der Waals surface area contributed by atoms with Crippen LogP contribution in [0.25, 0.3) is 0 Å². The minimum absolute atomic E-state index is 0.174. The maximum atomic E-state index is 12.3. The predicted octanol–water partition coefficient (Wildman–Crippen LogP) is 4.57. The molecule has 0 atom stereocenters. The number of methoxy groups -OCH3 is 1. The zero-order valence-electron chi connectivity index (χ0n) is 18.2. The van der Waals surface area contributed by atoms with Gasteiger partial charge in [-0.1, -0.05) is 63.2 Å². The minimum atomic E-state index is -4.59. The molecule has 0 bridgehead atoms. The number of hydrogen-bond acceptors (Lipinski definition) is 6. The molecule has 3 aromatic rings. The van der Waals surface area contributed by atoms with E-state index < -0.39 is 26.5 Å². The molecule has 0 aromatic heterocycles. The van der Waals surface area contributed by atoms with Gasteiger partial charge in [-0.2, -0.15) is 8.42 Å². The van der Waals surface area contributed by atoms with Crippen LogP contribution in [0, 0.1) is 0 Å². The Labute approximate surface area is 187 Å². The number of ketones is 1. The third-order valence-corrected chi connectivity index (χ3v) is 5.45. The summed E-state index contributed by atoms with van der Waals surface area (Å²) < 4.78 is 36.6. The molecule has 0 aliphatic carbocycles. The summed E-state index contributed by atoms with van der Waals surface area (Å²) in [5, 5.41) is 18.9. The number of phenols is 2. The molecule has 3 N–H and O–H groups in total. The molecule has 32 heavy (non-hydrogen) atoms. The molecule has 0 spiro atoms. The smallest absolute Gasteiger partial charge is 0.298 e. The van der Waals surface area contributed by atoms with Gasteiger partial charge in [0, 0.05) is 11.6 Å². The first kappa shape index (κ1) is 24.9. The predicted molar refractivity (Wildman–Crippen MR) is 121 cm³/mol. The molecule has 0 unspecified atom stereocenters. The van der Waals surface area contributed by atoms with Crippen LogP contribution < -0.4 is 4.74 Å². The Kier molecular flexibility index (Phi) is 7.66. The van der Waals surface area contributed by atoms with Gasteiger partial charge < -0.3 is 14.9 Å². The summed E-state index contributed by atoms with van der Waals surface area (Å²) in [7, 11) is -3.41. The number of benzene rings is 3. The quantitative estimate of drug-likeness (QED) is 0.387. The average molecular weight is 459 g/mol. The van der Waals surface area contributed by atoms with Crippen LogP contribution in [0.2, 0.25) is 0 Å². The molecule has 0 aliphatic heterocycles. The lowest BCUT2D eigenvalue weighted by Crippen LogP contribution is -2.10. The second-order valence-electron chi connectivity index (χ2n) is 7.99. The monoisotopic (exact) mass is 458 g/mol. The van der Waals surface area contributed by atoms with E-state index in [2.05, 4.69) is 20.8 Å². The summed E-state index contributed by atoms with van der Waals surface area (Å²) in [6.07, 6.45) is 0. The molecule has 3 aromatic carbocycles.